The van der Waals surface area contributed by atoms with Crippen LogP contribution >= 0.6 is 11.3 Å². The zero-order valence-corrected chi connectivity index (χ0v) is 22.8. The summed E-state index contributed by atoms with van der Waals surface area (Å²) in [6.45, 7) is 7.79. The van der Waals surface area contributed by atoms with E-state index in [9.17, 15) is 23.9 Å². The fourth-order valence-corrected chi connectivity index (χ4v) is 5.80. The Morgan fingerprint density at radius 1 is 1.11 bits per heavy atom. The Hall–Kier alpha value is -3.59. The quantitative estimate of drug-likeness (QED) is 0.346. The molecular formula is C29H32FN3O4S. The Bertz CT molecular complexity index is 1340. The van der Waals surface area contributed by atoms with E-state index in [2.05, 4.69) is 17.2 Å². The van der Waals surface area contributed by atoms with Crippen LogP contribution in [0.2, 0.25) is 0 Å². The zero-order chi connectivity index (χ0) is 27.6. The molecule has 2 N–H and O–H groups in total. The fraction of sp³-hybridized carbons (Fsp3) is 0.379. The zero-order valence-electron chi connectivity index (χ0n) is 22.0. The van der Waals surface area contributed by atoms with Crippen LogP contribution in [-0.4, -0.2) is 33.9 Å². The summed E-state index contributed by atoms with van der Waals surface area (Å²) in [7, 11) is 0. The molecule has 1 aromatic carbocycles. The van der Waals surface area contributed by atoms with Gasteiger partial charge in [-0.1, -0.05) is 6.92 Å². The number of aromatic carboxylic acids is 1. The fourth-order valence-electron chi connectivity index (χ4n) is 4.83. The monoisotopic (exact) mass is 537 g/mol. The van der Waals surface area contributed by atoms with Crippen LogP contribution < -0.4 is 10.2 Å². The van der Waals surface area contributed by atoms with Crippen molar-refractivity contribution in [3.63, 3.8) is 0 Å². The number of anilines is 2. The van der Waals surface area contributed by atoms with Gasteiger partial charge in [0, 0.05) is 34.2 Å². The molecule has 0 bridgehead atoms. The summed E-state index contributed by atoms with van der Waals surface area (Å²) < 4.78 is 13.2. The van der Waals surface area contributed by atoms with Gasteiger partial charge >= 0.3 is 5.97 Å². The molecule has 9 heteroatoms. The smallest absolute Gasteiger partial charge is 0.348 e. The number of amides is 2. The standard InChI is InChI=1S/C29H32FN3O4S/c1-16(2)33(28(35)20-7-5-17(3)6-8-20)23-14-24(38-25(23)29(36)37)21-13-18(4)26(31-15-21)32-27(34)19-9-11-22(30)12-10-19/h9-17,20H,5-8H2,1-4H3,(H,36,37)(H,31,32,34)/t17-,20-. The predicted octanol–water partition coefficient (Wildman–Crippen LogP) is 6.78. The Kier molecular flexibility index (Phi) is 8.26. The molecule has 0 spiro atoms. The molecule has 2 amide bonds. The number of hydrogen-bond acceptors (Lipinski definition) is 5. The summed E-state index contributed by atoms with van der Waals surface area (Å²) in [6, 6.07) is 8.59. The summed E-state index contributed by atoms with van der Waals surface area (Å²) in [5.41, 5.74) is 2.07. The average Bonchev–Trinajstić information content (AvgIpc) is 3.31. The summed E-state index contributed by atoms with van der Waals surface area (Å²) in [4.78, 5) is 45.1. The van der Waals surface area contributed by atoms with Crippen LogP contribution in [0.15, 0.2) is 42.6 Å². The molecule has 0 aliphatic heterocycles. The van der Waals surface area contributed by atoms with Crippen molar-refractivity contribution < 1.29 is 23.9 Å². The highest BCUT2D eigenvalue weighted by Crippen LogP contribution is 2.40. The number of aromatic nitrogens is 1. The minimum atomic E-state index is -1.08. The highest BCUT2D eigenvalue weighted by molar-refractivity contribution is 7.18. The number of thiophene rings is 1. The molecule has 2 aromatic heterocycles. The number of nitrogens with zero attached hydrogens (tertiary/aromatic N) is 2. The highest BCUT2D eigenvalue weighted by Gasteiger charge is 2.33. The van der Waals surface area contributed by atoms with Gasteiger partial charge in [-0.25, -0.2) is 14.2 Å². The number of pyridine rings is 1. The molecule has 2 heterocycles. The Balaban J connectivity index is 1.61. The van der Waals surface area contributed by atoms with Crippen molar-refractivity contribution in [1.29, 1.82) is 0 Å². The number of carboxylic acids is 1. The second-order valence-corrected chi connectivity index (χ2v) is 11.3. The molecule has 1 fully saturated rings. The van der Waals surface area contributed by atoms with Crippen LogP contribution in [-0.2, 0) is 4.79 Å². The molecule has 38 heavy (non-hydrogen) atoms. The van der Waals surface area contributed by atoms with Crippen molar-refractivity contribution in [3.05, 3.63) is 64.4 Å². The third-order valence-corrected chi connectivity index (χ3v) is 8.15. The first-order valence-corrected chi connectivity index (χ1v) is 13.6. The summed E-state index contributed by atoms with van der Waals surface area (Å²) in [5, 5.41) is 12.7. The lowest BCUT2D eigenvalue weighted by Crippen LogP contribution is -2.42. The molecular weight excluding hydrogens is 505 g/mol. The minimum absolute atomic E-state index is 0.0214. The molecule has 0 radical (unpaired) electrons. The number of carbonyl (C=O) groups excluding carboxylic acids is 2. The van der Waals surface area contributed by atoms with Gasteiger partial charge in [0.1, 0.15) is 16.5 Å². The Morgan fingerprint density at radius 3 is 2.34 bits per heavy atom. The minimum Gasteiger partial charge on any atom is -0.477 e. The first kappa shape index (κ1) is 27.4. The predicted molar refractivity (Wildman–Crippen MR) is 147 cm³/mol. The van der Waals surface area contributed by atoms with Crippen molar-refractivity contribution in [2.24, 2.45) is 11.8 Å². The Labute approximate surface area is 225 Å². The van der Waals surface area contributed by atoms with Crippen LogP contribution in [0.3, 0.4) is 0 Å². The molecule has 1 aliphatic rings. The lowest BCUT2D eigenvalue weighted by atomic mass is 9.82. The highest BCUT2D eigenvalue weighted by atomic mass is 32.1. The molecule has 7 nitrogen and oxygen atoms in total. The van der Waals surface area contributed by atoms with E-state index in [1.165, 1.54) is 24.3 Å². The summed E-state index contributed by atoms with van der Waals surface area (Å²) >= 11 is 1.10. The van der Waals surface area contributed by atoms with Gasteiger partial charge in [-0.05, 0) is 94.3 Å². The van der Waals surface area contributed by atoms with Crippen molar-refractivity contribution in [2.45, 2.75) is 59.4 Å². The number of nitrogens with one attached hydrogen (secondary N) is 1. The van der Waals surface area contributed by atoms with E-state index >= 15 is 0 Å². The number of aryl methyl sites for hydroxylation is 1. The number of carbonyl (C=O) groups is 3. The first-order chi connectivity index (χ1) is 18.0. The van der Waals surface area contributed by atoms with Gasteiger partial charge in [0.25, 0.3) is 5.91 Å². The maximum Gasteiger partial charge on any atom is 0.348 e. The Morgan fingerprint density at radius 2 is 1.76 bits per heavy atom. The van der Waals surface area contributed by atoms with E-state index in [0.29, 0.717) is 39.0 Å². The van der Waals surface area contributed by atoms with Gasteiger partial charge in [0.15, 0.2) is 0 Å². The second kappa shape index (κ2) is 11.4. The molecule has 0 unspecified atom stereocenters. The molecule has 4 rings (SSSR count). The van der Waals surface area contributed by atoms with Crippen molar-refractivity contribution in [3.8, 4) is 10.4 Å². The summed E-state index contributed by atoms with van der Waals surface area (Å²) in [5.74, 6) is -1.10. The van der Waals surface area contributed by atoms with Gasteiger partial charge in [-0.15, -0.1) is 11.3 Å². The van der Waals surface area contributed by atoms with E-state index in [4.69, 9.17) is 0 Å². The molecule has 3 aromatic rings. The normalized spacial score (nSPS) is 17.3. The lowest BCUT2D eigenvalue weighted by molar-refractivity contribution is -0.123. The van der Waals surface area contributed by atoms with Gasteiger partial charge in [0.2, 0.25) is 5.91 Å². The number of benzene rings is 1. The third-order valence-electron chi connectivity index (χ3n) is 6.99. The van der Waals surface area contributed by atoms with E-state index < -0.39 is 17.7 Å². The largest absolute Gasteiger partial charge is 0.477 e. The molecule has 1 aliphatic carbocycles. The van der Waals surface area contributed by atoms with Crippen molar-refractivity contribution >= 4 is 40.6 Å². The van der Waals surface area contributed by atoms with E-state index in [0.717, 1.165) is 37.0 Å². The van der Waals surface area contributed by atoms with Crippen LogP contribution in [0.1, 0.15) is 72.0 Å². The molecule has 200 valence electrons. The van der Waals surface area contributed by atoms with Crippen LogP contribution in [0.4, 0.5) is 15.9 Å². The first-order valence-electron chi connectivity index (χ1n) is 12.8. The number of hydrogen-bond donors (Lipinski definition) is 2. The van der Waals surface area contributed by atoms with E-state index in [1.807, 2.05) is 19.9 Å². The molecule has 1 saturated carbocycles. The third kappa shape index (κ3) is 5.93. The van der Waals surface area contributed by atoms with E-state index in [-0.39, 0.29) is 22.7 Å². The molecule has 0 saturated heterocycles. The average molecular weight is 538 g/mol. The number of rotatable bonds is 7. The molecule has 0 atom stereocenters. The van der Waals surface area contributed by atoms with Gasteiger partial charge in [-0.3, -0.25) is 9.59 Å². The SMILES string of the molecule is Cc1cc(-c2cc(N(C(=O)[C@H]3CC[C@H](C)CC3)C(C)C)c(C(=O)O)s2)cnc1NC(=O)c1ccc(F)cc1. The van der Waals surface area contributed by atoms with Crippen LogP contribution in [0.25, 0.3) is 10.4 Å². The van der Waals surface area contributed by atoms with Gasteiger partial charge < -0.3 is 15.3 Å². The second-order valence-electron chi connectivity index (χ2n) is 10.2. The van der Waals surface area contributed by atoms with Crippen molar-refractivity contribution in [2.75, 3.05) is 10.2 Å². The number of carboxylic acid groups (broad SMARTS) is 1. The topological polar surface area (TPSA) is 99.6 Å². The number of halogens is 1. The maximum absolute atomic E-state index is 13.6. The van der Waals surface area contributed by atoms with E-state index in [1.54, 1.807) is 24.1 Å². The van der Waals surface area contributed by atoms with Gasteiger partial charge in [0.05, 0.1) is 5.69 Å². The maximum atomic E-state index is 13.6. The van der Waals surface area contributed by atoms with Gasteiger partial charge in [-0.2, -0.15) is 0 Å². The van der Waals surface area contributed by atoms with Crippen molar-refractivity contribution in [1.82, 2.24) is 4.98 Å². The lowest BCUT2D eigenvalue weighted by Gasteiger charge is -2.33. The van der Waals surface area contributed by atoms with Crippen LogP contribution in [0, 0.1) is 24.6 Å². The van der Waals surface area contributed by atoms with Crippen LogP contribution in [0.5, 0.6) is 0 Å². The summed E-state index contributed by atoms with van der Waals surface area (Å²) in [6.07, 6.45) is 5.20.